The normalized spacial score (nSPS) is 38.9. The van der Waals surface area contributed by atoms with Gasteiger partial charge in [-0.15, -0.1) is 0 Å². The molecule has 3 nitrogen and oxygen atoms in total. The number of hydrogen-bond donors (Lipinski definition) is 0. The van der Waals surface area contributed by atoms with E-state index < -0.39 is 6.29 Å². The summed E-state index contributed by atoms with van der Waals surface area (Å²) in [5.41, 5.74) is 1.01. The second-order valence-electron chi connectivity index (χ2n) is 6.75. The van der Waals surface area contributed by atoms with Crippen molar-refractivity contribution in [3.63, 3.8) is 0 Å². The summed E-state index contributed by atoms with van der Waals surface area (Å²) >= 11 is 0. The summed E-state index contributed by atoms with van der Waals surface area (Å²) in [6.45, 7) is 12.6. The van der Waals surface area contributed by atoms with Crippen LogP contribution in [0.2, 0.25) is 0 Å². The first-order valence-corrected chi connectivity index (χ1v) is 6.84. The zero-order valence-electron chi connectivity index (χ0n) is 12.3. The van der Waals surface area contributed by atoms with E-state index in [9.17, 15) is 0 Å². The monoisotopic (exact) mass is 254 g/mol. The highest BCUT2D eigenvalue weighted by Crippen LogP contribution is 2.63. The highest BCUT2D eigenvalue weighted by Gasteiger charge is 2.60. The van der Waals surface area contributed by atoms with Gasteiger partial charge in [0.05, 0.1) is 0 Å². The third-order valence-electron chi connectivity index (χ3n) is 5.14. The maximum atomic E-state index is 5.78. The number of hydrogen-bond acceptors (Lipinski definition) is 3. The molecule has 3 aliphatic rings. The number of ether oxygens (including phenoxy) is 1. The molecule has 3 rings (SSSR count). The average Bonchev–Trinajstić information content (AvgIpc) is 2.28. The lowest BCUT2D eigenvalue weighted by Crippen LogP contribution is -2.61. The van der Waals surface area contributed by atoms with Crippen molar-refractivity contribution in [2.75, 3.05) is 7.11 Å². The molecule has 0 spiro atoms. The van der Waals surface area contributed by atoms with E-state index in [-0.39, 0.29) is 5.60 Å². The summed E-state index contributed by atoms with van der Waals surface area (Å²) in [5.74, 6) is 1.44. The van der Waals surface area contributed by atoms with E-state index in [2.05, 4.69) is 27.4 Å². The minimum Gasteiger partial charge on any atom is -0.350 e. The van der Waals surface area contributed by atoms with E-state index in [0.29, 0.717) is 11.3 Å². The fourth-order valence-corrected chi connectivity index (χ4v) is 3.75. The van der Waals surface area contributed by atoms with Gasteiger partial charge < -0.3 is 4.74 Å². The van der Waals surface area contributed by atoms with Crippen molar-refractivity contribution in [3.8, 4) is 0 Å². The van der Waals surface area contributed by atoms with Crippen LogP contribution in [0.25, 0.3) is 0 Å². The SMILES string of the molecule is C=C(C)C(OC)OOC1(C)CCC2CC1C2(C)C. The smallest absolute Gasteiger partial charge is 0.212 e. The predicted molar refractivity (Wildman–Crippen MR) is 70.8 cm³/mol. The average molecular weight is 254 g/mol. The molecule has 4 unspecified atom stereocenters. The Morgan fingerprint density at radius 2 is 2.00 bits per heavy atom. The summed E-state index contributed by atoms with van der Waals surface area (Å²) in [4.78, 5) is 11.2. The van der Waals surface area contributed by atoms with Crippen molar-refractivity contribution in [1.82, 2.24) is 0 Å². The molecule has 3 aliphatic carbocycles. The Morgan fingerprint density at radius 3 is 2.44 bits per heavy atom. The van der Waals surface area contributed by atoms with Gasteiger partial charge in [0.15, 0.2) is 0 Å². The minimum absolute atomic E-state index is 0.190. The van der Waals surface area contributed by atoms with Crippen molar-refractivity contribution in [2.24, 2.45) is 17.3 Å². The van der Waals surface area contributed by atoms with Gasteiger partial charge in [0.25, 0.3) is 0 Å². The van der Waals surface area contributed by atoms with Crippen LogP contribution < -0.4 is 0 Å². The van der Waals surface area contributed by atoms with Crippen molar-refractivity contribution in [3.05, 3.63) is 12.2 Å². The number of methoxy groups -OCH3 is 1. The summed E-state index contributed by atoms with van der Waals surface area (Å²) < 4.78 is 5.20. The van der Waals surface area contributed by atoms with Gasteiger partial charge in [-0.25, -0.2) is 4.89 Å². The molecule has 18 heavy (non-hydrogen) atoms. The standard InChI is InChI=1S/C15H26O3/c1-10(2)13(16-6)17-18-15(5)8-7-11-9-12(15)14(11,3)4/h11-13H,1,7-9H2,2-6H3. The third-order valence-corrected chi connectivity index (χ3v) is 5.14. The number of fused-ring (bicyclic) bond motifs is 2. The van der Waals surface area contributed by atoms with Gasteiger partial charge in [-0.05, 0) is 55.9 Å². The molecule has 3 fully saturated rings. The molecule has 2 bridgehead atoms. The Bertz CT molecular complexity index is 335. The van der Waals surface area contributed by atoms with Gasteiger partial charge in [0.1, 0.15) is 5.60 Å². The summed E-state index contributed by atoms with van der Waals surface area (Å²) in [6.07, 6.45) is 3.09. The van der Waals surface area contributed by atoms with Gasteiger partial charge in [0, 0.05) is 7.11 Å². The quantitative estimate of drug-likeness (QED) is 0.324. The molecule has 0 aromatic heterocycles. The van der Waals surface area contributed by atoms with Crippen molar-refractivity contribution in [1.29, 1.82) is 0 Å². The second kappa shape index (κ2) is 4.62. The molecule has 0 heterocycles. The van der Waals surface area contributed by atoms with Crippen LogP contribution in [0.4, 0.5) is 0 Å². The largest absolute Gasteiger partial charge is 0.350 e. The van der Waals surface area contributed by atoms with Gasteiger partial charge in [-0.3, -0.25) is 0 Å². The zero-order valence-corrected chi connectivity index (χ0v) is 12.3. The highest BCUT2D eigenvalue weighted by molar-refractivity contribution is 5.09. The minimum atomic E-state index is -0.470. The predicted octanol–water partition coefficient (Wildman–Crippen LogP) is 3.70. The number of rotatable bonds is 5. The van der Waals surface area contributed by atoms with Crippen LogP contribution in [0.15, 0.2) is 12.2 Å². The van der Waals surface area contributed by atoms with Crippen molar-refractivity contribution >= 4 is 0 Å². The van der Waals surface area contributed by atoms with Crippen LogP contribution in [0, 0.1) is 17.3 Å². The van der Waals surface area contributed by atoms with E-state index in [1.54, 1.807) is 7.11 Å². The lowest BCUT2D eigenvalue weighted by molar-refractivity contribution is -0.439. The third kappa shape index (κ3) is 2.13. The lowest BCUT2D eigenvalue weighted by Gasteiger charge is -2.63. The van der Waals surface area contributed by atoms with E-state index in [0.717, 1.165) is 17.9 Å². The molecule has 3 saturated carbocycles. The maximum Gasteiger partial charge on any atom is 0.212 e. The van der Waals surface area contributed by atoms with E-state index in [1.165, 1.54) is 12.8 Å². The first-order valence-electron chi connectivity index (χ1n) is 6.84. The van der Waals surface area contributed by atoms with Crippen LogP contribution in [-0.4, -0.2) is 19.0 Å². The fourth-order valence-electron chi connectivity index (χ4n) is 3.75. The Kier molecular flexibility index (Phi) is 3.60. The van der Waals surface area contributed by atoms with Gasteiger partial charge in [-0.2, -0.15) is 4.89 Å². The fraction of sp³-hybridized carbons (Fsp3) is 0.867. The van der Waals surface area contributed by atoms with Crippen molar-refractivity contribution < 1.29 is 14.5 Å². The summed E-state index contributed by atoms with van der Waals surface area (Å²) in [6, 6.07) is 0. The van der Waals surface area contributed by atoms with Crippen LogP contribution >= 0.6 is 0 Å². The molecule has 0 aromatic carbocycles. The molecule has 0 amide bonds. The molecule has 104 valence electrons. The molecule has 4 atom stereocenters. The second-order valence-corrected chi connectivity index (χ2v) is 6.75. The Labute approximate surface area is 110 Å². The zero-order chi connectivity index (χ0) is 13.6. The van der Waals surface area contributed by atoms with Gasteiger partial charge in [-0.1, -0.05) is 20.4 Å². The van der Waals surface area contributed by atoms with Gasteiger partial charge in [0.2, 0.25) is 6.29 Å². The molecule has 0 saturated heterocycles. The van der Waals surface area contributed by atoms with E-state index >= 15 is 0 Å². The van der Waals surface area contributed by atoms with Gasteiger partial charge >= 0.3 is 0 Å². The van der Waals surface area contributed by atoms with Crippen LogP contribution in [0.5, 0.6) is 0 Å². The molecule has 0 aliphatic heterocycles. The maximum absolute atomic E-state index is 5.78. The molecule has 3 heteroatoms. The lowest BCUT2D eigenvalue weighted by atomic mass is 9.44. The first kappa shape index (κ1) is 14.0. The van der Waals surface area contributed by atoms with E-state index in [1.807, 2.05) is 6.92 Å². The topological polar surface area (TPSA) is 27.7 Å². The van der Waals surface area contributed by atoms with Crippen LogP contribution in [0.3, 0.4) is 0 Å². The molecular weight excluding hydrogens is 228 g/mol. The molecule has 0 radical (unpaired) electrons. The summed E-state index contributed by atoms with van der Waals surface area (Å²) in [5, 5.41) is 0. The molecular formula is C15H26O3. The van der Waals surface area contributed by atoms with Crippen molar-refractivity contribution in [2.45, 2.75) is 58.8 Å². The van der Waals surface area contributed by atoms with E-state index in [4.69, 9.17) is 14.5 Å². The Morgan fingerprint density at radius 1 is 1.33 bits per heavy atom. The Balaban J connectivity index is 1.98. The Hall–Kier alpha value is -0.380. The van der Waals surface area contributed by atoms with Crippen LogP contribution in [-0.2, 0) is 14.5 Å². The molecule has 0 N–H and O–H groups in total. The first-order chi connectivity index (χ1) is 8.31. The highest BCUT2D eigenvalue weighted by atomic mass is 17.2. The van der Waals surface area contributed by atoms with Crippen LogP contribution in [0.1, 0.15) is 47.0 Å². The summed E-state index contributed by atoms with van der Waals surface area (Å²) in [7, 11) is 1.61. The molecule has 0 aromatic rings.